The fourth-order valence-electron chi connectivity index (χ4n) is 2.01. The Hall–Kier alpha value is -2.36. The summed E-state index contributed by atoms with van der Waals surface area (Å²) in [5.74, 6) is 0.419. The quantitative estimate of drug-likeness (QED) is 0.633. The number of esters is 1. The molecule has 104 valence electrons. The monoisotopic (exact) mass is 271 g/mol. The van der Waals surface area contributed by atoms with Crippen molar-refractivity contribution in [2.45, 2.75) is 13.8 Å². The van der Waals surface area contributed by atoms with Crippen molar-refractivity contribution in [1.82, 2.24) is 4.98 Å². The molecule has 0 saturated carbocycles. The van der Waals surface area contributed by atoms with Gasteiger partial charge in [0.15, 0.2) is 0 Å². The van der Waals surface area contributed by atoms with E-state index in [0.29, 0.717) is 6.61 Å². The number of methoxy groups -OCH3 is 1. The molecule has 1 aromatic carbocycles. The predicted octanol–water partition coefficient (Wildman–Crippen LogP) is 3.13. The largest absolute Gasteiger partial charge is 0.496 e. The Bertz CT molecular complexity index is 662. The third-order valence-corrected chi connectivity index (χ3v) is 2.87. The van der Waals surface area contributed by atoms with Crippen molar-refractivity contribution in [3.8, 4) is 5.75 Å². The van der Waals surface area contributed by atoms with Crippen LogP contribution in [0.4, 0.5) is 0 Å². The third kappa shape index (κ3) is 2.96. The molecule has 0 saturated heterocycles. The number of nitrogens with zero attached hydrogens (tertiary/aromatic N) is 1. The Morgan fingerprint density at radius 1 is 1.40 bits per heavy atom. The number of hydrogen-bond acceptors (Lipinski definition) is 4. The molecule has 0 fully saturated rings. The Balaban J connectivity index is 2.49. The van der Waals surface area contributed by atoms with Gasteiger partial charge in [-0.15, -0.1) is 0 Å². The molecule has 4 heteroatoms. The van der Waals surface area contributed by atoms with Crippen LogP contribution in [0.15, 0.2) is 30.3 Å². The minimum Gasteiger partial charge on any atom is -0.496 e. The highest BCUT2D eigenvalue weighted by Crippen LogP contribution is 2.27. The van der Waals surface area contributed by atoms with E-state index in [0.717, 1.165) is 27.9 Å². The van der Waals surface area contributed by atoms with E-state index in [1.165, 1.54) is 6.08 Å². The van der Waals surface area contributed by atoms with E-state index in [1.54, 1.807) is 20.1 Å². The summed E-state index contributed by atoms with van der Waals surface area (Å²) in [6, 6.07) is 7.65. The molecule has 2 rings (SSSR count). The van der Waals surface area contributed by atoms with Gasteiger partial charge in [0.1, 0.15) is 5.75 Å². The van der Waals surface area contributed by atoms with E-state index in [1.807, 2.05) is 31.2 Å². The number of aromatic nitrogens is 1. The number of aryl methyl sites for hydroxylation is 1. The first-order chi connectivity index (χ1) is 9.65. The van der Waals surface area contributed by atoms with Crippen LogP contribution in [0.1, 0.15) is 18.2 Å². The van der Waals surface area contributed by atoms with Crippen molar-refractivity contribution in [2.24, 2.45) is 0 Å². The van der Waals surface area contributed by atoms with E-state index >= 15 is 0 Å². The van der Waals surface area contributed by atoms with Crippen LogP contribution in [0.2, 0.25) is 0 Å². The molecule has 0 aliphatic rings. The molecular formula is C16H17NO3. The average Bonchev–Trinajstić information content (AvgIpc) is 2.44. The summed E-state index contributed by atoms with van der Waals surface area (Å²) >= 11 is 0. The van der Waals surface area contributed by atoms with Gasteiger partial charge in [-0.3, -0.25) is 4.98 Å². The molecule has 1 aromatic heterocycles. The van der Waals surface area contributed by atoms with Gasteiger partial charge in [-0.1, -0.05) is 12.1 Å². The topological polar surface area (TPSA) is 48.4 Å². The van der Waals surface area contributed by atoms with E-state index in [-0.39, 0.29) is 5.97 Å². The number of ether oxygens (including phenoxy) is 2. The maximum absolute atomic E-state index is 11.4. The van der Waals surface area contributed by atoms with Crippen LogP contribution in [0.25, 0.3) is 17.0 Å². The summed E-state index contributed by atoms with van der Waals surface area (Å²) in [6.45, 7) is 4.05. The van der Waals surface area contributed by atoms with Gasteiger partial charge < -0.3 is 9.47 Å². The number of carbonyl (C=O) groups excluding carboxylic acids is 1. The molecule has 0 amide bonds. The first kappa shape index (κ1) is 14.1. The summed E-state index contributed by atoms with van der Waals surface area (Å²) in [4.78, 5) is 15.9. The number of benzene rings is 1. The highest BCUT2D eigenvalue weighted by Gasteiger charge is 2.07. The van der Waals surface area contributed by atoms with Crippen LogP contribution in [0.3, 0.4) is 0 Å². The van der Waals surface area contributed by atoms with Crippen molar-refractivity contribution >= 4 is 22.9 Å². The first-order valence-electron chi connectivity index (χ1n) is 6.45. The number of para-hydroxylation sites is 1. The van der Waals surface area contributed by atoms with Crippen LogP contribution in [-0.4, -0.2) is 24.7 Å². The minimum absolute atomic E-state index is 0.357. The summed E-state index contributed by atoms with van der Waals surface area (Å²) in [5.41, 5.74) is 2.54. The van der Waals surface area contributed by atoms with Crippen molar-refractivity contribution in [3.63, 3.8) is 0 Å². The predicted molar refractivity (Wildman–Crippen MR) is 78.7 cm³/mol. The summed E-state index contributed by atoms with van der Waals surface area (Å²) < 4.78 is 10.2. The van der Waals surface area contributed by atoms with Gasteiger partial charge in [-0.2, -0.15) is 0 Å². The molecule has 0 spiro atoms. The molecule has 20 heavy (non-hydrogen) atoms. The Morgan fingerprint density at radius 2 is 2.20 bits per heavy atom. The van der Waals surface area contributed by atoms with Gasteiger partial charge in [-0.05, 0) is 26.0 Å². The second-order valence-corrected chi connectivity index (χ2v) is 4.29. The number of rotatable bonds is 4. The van der Waals surface area contributed by atoms with Crippen LogP contribution in [0, 0.1) is 6.92 Å². The lowest BCUT2D eigenvalue weighted by molar-refractivity contribution is -0.137. The molecule has 0 bridgehead atoms. The van der Waals surface area contributed by atoms with E-state index in [4.69, 9.17) is 9.47 Å². The highest BCUT2D eigenvalue weighted by atomic mass is 16.5. The fourth-order valence-corrected chi connectivity index (χ4v) is 2.01. The molecule has 0 atom stereocenters. The lowest BCUT2D eigenvalue weighted by Gasteiger charge is -2.08. The summed E-state index contributed by atoms with van der Waals surface area (Å²) in [7, 11) is 1.63. The van der Waals surface area contributed by atoms with Crippen LogP contribution in [-0.2, 0) is 9.53 Å². The van der Waals surface area contributed by atoms with Gasteiger partial charge in [0.25, 0.3) is 0 Å². The van der Waals surface area contributed by atoms with Crippen LogP contribution >= 0.6 is 0 Å². The first-order valence-corrected chi connectivity index (χ1v) is 6.45. The number of carbonyl (C=O) groups is 1. The third-order valence-electron chi connectivity index (χ3n) is 2.87. The van der Waals surface area contributed by atoms with Gasteiger partial charge in [-0.25, -0.2) is 4.79 Å². The van der Waals surface area contributed by atoms with Crippen LogP contribution in [0.5, 0.6) is 5.75 Å². The minimum atomic E-state index is -0.357. The van der Waals surface area contributed by atoms with E-state index in [2.05, 4.69) is 4.98 Å². The maximum atomic E-state index is 11.4. The Labute approximate surface area is 118 Å². The van der Waals surface area contributed by atoms with Gasteiger partial charge in [0.05, 0.1) is 19.2 Å². The molecule has 4 nitrogen and oxygen atoms in total. The summed E-state index contributed by atoms with van der Waals surface area (Å²) in [6.07, 6.45) is 3.13. The summed E-state index contributed by atoms with van der Waals surface area (Å²) in [5, 5.41) is 0.920. The van der Waals surface area contributed by atoms with Gasteiger partial charge in [0, 0.05) is 28.8 Å². The standard InChI is InChI=1S/C16H17NO3/c1-4-20-15(18)9-8-12-6-5-7-13-14(19-3)10-11(2)17-16(12)13/h5-10H,4H2,1-3H3/b9-8+. The molecule has 0 aliphatic heterocycles. The average molecular weight is 271 g/mol. The zero-order valence-corrected chi connectivity index (χ0v) is 11.8. The SMILES string of the molecule is CCOC(=O)/C=C/c1cccc2c(OC)cc(C)nc12. The van der Waals surface area contributed by atoms with Crippen molar-refractivity contribution in [1.29, 1.82) is 0 Å². The number of fused-ring (bicyclic) bond motifs is 1. The molecular weight excluding hydrogens is 254 g/mol. The van der Waals surface area contributed by atoms with Crippen molar-refractivity contribution in [3.05, 3.63) is 41.6 Å². The lowest BCUT2D eigenvalue weighted by atomic mass is 10.1. The van der Waals surface area contributed by atoms with Crippen LogP contribution < -0.4 is 4.74 Å². The Kier molecular flexibility index (Phi) is 4.35. The normalized spacial score (nSPS) is 10.9. The lowest BCUT2D eigenvalue weighted by Crippen LogP contribution is -1.99. The highest BCUT2D eigenvalue weighted by molar-refractivity contribution is 5.95. The molecule has 1 heterocycles. The van der Waals surface area contributed by atoms with E-state index in [9.17, 15) is 4.79 Å². The van der Waals surface area contributed by atoms with Crippen molar-refractivity contribution in [2.75, 3.05) is 13.7 Å². The zero-order valence-electron chi connectivity index (χ0n) is 11.8. The molecule has 0 unspecified atom stereocenters. The second-order valence-electron chi connectivity index (χ2n) is 4.29. The van der Waals surface area contributed by atoms with Gasteiger partial charge >= 0.3 is 5.97 Å². The molecule has 2 aromatic rings. The molecule has 0 N–H and O–H groups in total. The smallest absolute Gasteiger partial charge is 0.330 e. The van der Waals surface area contributed by atoms with Crippen molar-refractivity contribution < 1.29 is 14.3 Å². The second kappa shape index (κ2) is 6.19. The van der Waals surface area contributed by atoms with E-state index < -0.39 is 0 Å². The number of pyridine rings is 1. The number of hydrogen-bond donors (Lipinski definition) is 0. The Morgan fingerprint density at radius 3 is 2.90 bits per heavy atom. The maximum Gasteiger partial charge on any atom is 0.330 e. The fraction of sp³-hybridized carbons (Fsp3) is 0.250. The molecule has 0 aliphatic carbocycles. The zero-order chi connectivity index (χ0) is 14.5. The molecule has 0 radical (unpaired) electrons. The van der Waals surface area contributed by atoms with Gasteiger partial charge in [0.2, 0.25) is 0 Å².